The fourth-order valence-corrected chi connectivity index (χ4v) is 4.36. The van der Waals surface area contributed by atoms with E-state index in [1.807, 2.05) is 0 Å². The summed E-state index contributed by atoms with van der Waals surface area (Å²) in [6.45, 7) is 3.10. The van der Waals surface area contributed by atoms with Gasteiger partial charge < -0.3 is 5.32 Å². The number of anilines is 2. The summed E-state index contributed by atoms with van der Waals surface area (Å²) in [5, 5.41) is 2.95. The SMILES string of the molecule is CC(=O)c1ccc(C(=O)Nc2ccc(C)c(S(=O)(=O)Nc3ccccc3Cl)c2)cc1. The number of halogens is 1. The Balaban J connectivity index is 1.85. The third kappa shape index (κ3) is 4.87. The van der Waals surface area contributed by atoms with Gasteiger partial charge >= 0.3 is 0 Å². The predicted octanol–water partition coefficient (Wildman–Crippen LogP) is 4.90. The van der Waals surface area contributed by atoms with E-state index in [0.717, 1.165) is 0 Å². The fraction of sp³-hybridized carbons (Fsp3) is 0.0909. The second-order valence-electron chi connectivity index (χ2n) is 6.65. The van der Waals surface area contributed by atoms with Crippen LogP contribution in [0, 0.1) is 6.92 Å². The molecule has 0 fully saturated rings. The number of carbonyl (C=O) groups is 2. The molecule has 0 radical (unpaired) electrons. The van der Waals surface area contributed by atoms with E-state index in [-0.39, 0.29) is 21.4 Å². The molecular formula is C22H19ClN2O4S. The summed E-state index contributed by atoms with van der Waals surface area (Å²) < 4.78 is 28.2. The van der Waals surface area contributed by atoms with Gasteiger partial charge in [-0.15, -0.1) is 0 Å². The van der Waals surface area contributed by atoms with Crippen molar-refractivity contribution in [2.45, 2.75) is 18.7 Å². The molecule has 3 aromatic carbocycles. The summed E-state index contributed by atoms with van der Waals surface area (Å²) in [6, 6.07) is 17.3. The van der Waals surface area contributed by atoms with E-state index in [4.69, 9.17) is 11.6 Å². The molecule has 0 aliphatic carbocycles. The van der Waals surface area contributed by atoms with Crippen LogP contribution < -0.4 is 10.0 Å². The molecule has 0 saturated heterocycles. The van der Waals surface area contributed by atoms with Crippen molar-refractivity contribution in [2.24, 2.45) is 0 Å². The van der Waals surface area contributed by atoms with E-state index >= 15 is 0 Å². The smallest absolute Gasteiger partial charge is 0.262 e. The lowest BCUT2D eigenvalue weighted by Gasteiger charge is -2.13. The lowest BCUT2D eigenvalue weighted by Crippen LogP contribution is -2.16. The van der Waals surface area contributed by atoms with Gasteiger partial charge in [0.15, 0.2) is 5.78 Å². The standard InChI is InChI=1S/C22H19ClN2O4S/c1-14-7-12-18(24-22(27)17-10-8-16(9-11-17)15(2)26)13-21(14)30(28,29)25-20-6-4-3-5-19(20)23/h3-13,25H,1-2H3,(H,24,27). The minimum Gasteiger partial charge on any atom is -0.322 e. The van der Waals surface area contributed by atoms with Crippen LogP contribution in [-0.2, 0) is 10.0 Å². The highest BCUT2D eigenvalue weighted by Crippen LogP contribution is 2.27. The van der Waals surface area contributed by atoms with Crippen molar-refractivity contribution in [1.82, 2.24) is 0 Å². The molecule has 154 valence electrons. The molecule has 0 spiro atoms. The Bertz CT molecular complexity index is 1220. The summed E-state index contributed by atoms with van der Waals surface area (Å²) in [4.78, 5) is 23.9. The Morgan fingerprint density at radius 2 is 1.53 bits per heavy atom. The summed E-state index contributed by atoms with van der Waals surface area (Å²) >= 11 is 6.05. The minimum absolute atomic E-state index is 0.0205. The monoisotopic (exact) mass is 442 g/mol. The highest BCUT2D eigenvalue weighted by atomic mass is 35.5. The molecule has 0 bridgehead atoms. The Hall–Kier alpha value is -3.16. The van der Waals surface area contributed by atoms with Gasteiger partial charge in [-0.3, -0.25) is 14.3 Å². The lowest BCUT2D eigenvalue weighted by atomic mass is 10.1. The van der Waals surface area contributed by atoms with Crippen molar-refractivity contribution in [3.63, 3.8) is 0 Å². The molecule has 0 unspecified atom stereocenters. The number of hydrogen-bond acceptors (Lipinski definition) is 4. The molecule has 0 aromatic heterocycles. The van der Waals surface area contributed by atoms with Gasteiger partial charge in [0.1, 0.15) is 0 Å². The van der Waals surface area contributed by atoms with Gasteiger partial charge in [0.2, 0.25) is 0 Å². The fourth-order valence-electron chi connectivity index (χ4n) is 2.77. The highest BCUT2D eigenvalue weighted by molar-refractivity contribution is 7.92. The molecule has 0 heterocycles. The molecule has 0 aliphatic heterocycles. The number of amides is 1. The maximum atomic E-state index is 12.9. The van der Waals surface area contributed by atoms with Crippen molar-refractivity contribution < 1.29 is 18.0 Å². The first-order chi connectivity index (χ1) is 14.2. The van der Waals surface area contributed by atoms with Gasteiger partial charge in [-0.25, -0.2) is 8.42 Å². The van der Waals surface area contributed by atoms with Crippen molar-refractivity contribution in [3.8, 4) is 0 Å². The molecule has 0 saturated carbocycles. The van der Waals surface area contributed by atoms with Gasteiger partial charge in [-0.1, -0.05) is 41.9 Å². The number of hydrogen-bond donors (Lipinski definition) is 2. The minimum atomic E-state index is -3.93. The zero-order chi connectivity index (χ0) is 21.9. The number of nitrogens with one attached hydrogen (secondary N) is 2. The number of sulfonamides is 1. The Labute approximate surface area is 179 Å². The molecular weight excluding hydrogens is 424 g/mol. The lowest BCUT2D eigenvalue weighted by molar-refractivity contribution is 0.100. The third-order valence-corrected chi connectivity index (χ3v) is 6.24. The van der Waals surface area contributed by atoms with Crippen LogP contribution in [0.3, 0.4) is 0 Å². The number of Topliss-reactive ketones (excluding diaryl/α,β-unsaturated/α-hetero) is 1. The summed E-state index contributed by atoms with van der Waals surface area (Å²) in [7, 11) is -3.93. The predicted molar refractivity (Wildman–Crippen MR) is 118 cm³/mol. The first kappa shape index (κ1) is 21.5. The van der Waals surface area contributed by atoms with Crippen LogP contribution in [0.5, 0.6) is 0 Å². The van der Waals surface area contributed by atoms with Crippen molar-refractivity contribution >= 4 is 44.7 Å². The van der Waals surface area contributed by atoms with E-state index in [2.05, 4.69) is 10.0 Å². The molecule has 0 aliphatic rings. The average Bonchev–Trinajstić information content (AvgIpc) is 2.71. The summed E-state index contributed by atoms with van der Waals surface area (Å²) in [5.41, 5.74) is 1.94. The van der Waals surface area contributed by atoms with Crippen LogP contribution in [0.15, 0.2) is 71.6 Å². The van der Waals surface area contributed by atoms with E-state index in [9.17, 15) is 18.0 Å². The van der Waals surface area contributed by atoms with Crippen LogP contribution in [0.4, 0.5) is 11.4 Å². The van der Waals surface area contributed by atoms with E-state index < -0.39 is 15.9 Å². The maximum absolute atomic E-state index is 12.9. The molecule has 30 heavy (non-hydrogen) atoms. The van der Waals surface area contributed by atoms with E-state index in [0.29, 0.717) is 22.4 Å². The van der Waals surface area contributed by atoms with Crippen molar-refractivity contribution in [3.05, 3.63) is 88.4 Å². The number of benzene rings is 3. The van der Waals surface area contributed by atoms with Crippen LogP contribution >= 0.6 is 11.6 Å². The number of para-hydroxylation sites is 1. The summed E-state index contributed by atoms with van der Waals surface area (Å²) in [5.74, 6) is -0.516. The molecule has 3 aromatic rings. The average molecular weight is 443 g/mol. The van der Waals surface area contributed by atoms with Crippen LogP contribution in [0.1, 0.15) is 33.2 Å². The molecule has 0 atom stereocenters. The number of ketones is 1. The number of carbonyl (C=O) groups excluding carboxylic acids is 2. The highest BCUT2D eigenvalue weighted by Gasteiger charge is 2.19. The van der Waals surface area contributed by atoms with Gasteiger partial charge in [0.25, 0.3) is 15.9 Å². The van der Waals surface area contributed by atoms with Crippen LogP contribution in [-0.4, -0.2) is 20.1 Å². The topological polar surface area (TPSA) is 92.3 Å². The molecule has 2 N–H and O–H groups in total. The maximum Gasteiger partial charge on any atom is 0.262 e. The zero-order valence-corrected chi connectivity index (χ0v) is 17.8. The van der Waals surface area contributed by atoms with Gasteiger partial charge in [-0.05, 0) is 55.8 Å². The molecule has 3 rings (SSSR count). The zero-order valence-electron chi connectivity index (χ0n) is 16.3. The third-order valence-electron chi connectivity index (χ3n) is 4.41. The van der Waals surface area contributed by atoms with E-state index in [1.165, 1.54) is 25.1 Å². The van der Waals surface area contributed by atoms with Gasteiger partial charge in [0, 0.05) is 16.8 Å². The van der Waals surface area contributed by atoms with Gasteiger partial charge in [-0.2, -0.15) is 0 Å². The van der Waals surface area contributed by atoms with Crippen LogP contribution in [0.2, 0.25) is 5.02 Å². The number of aryl methyl sites for hydroxylation is 1. The molecule has 6 nitrogen and oxygen atoms in total. The van der Waals surface area contributed by atoms with Crippen molar-refractivity contribution in [1.29, 1.82) is 0 Å². The quantitative estimate of drug-likeness (QED) is 0.531. The molecule has 8 heteroatoms. The second kappa shape index (κ2) is 8.69. The number of rotatable bonds is 6. The Kier molecular flexibility index (Phi) is 6.24. The first-order valence-electron chi connectivity index (χ1n) is 8.98. The molecule has 1 amide bonds. The van der Waals surface area contributed by atoms with Crippen LogP contribution in [0.25, 0.3) is 0 Å². The van der Waals surface area contributed by atoms with Crippen molar-refractivity contribution in [2.75, 3.05) is 10.0 Å². The Morgan fingerprint density at radius 3 is 2.17 bits per heavy atom. The first-order valence-corrected chi connectivity index (χ1v) is 10.8. The Morgan fingerprint density at radius 1 is 0.900 bits per heavy atom. The normalized spacial score (nSPS) is 11.0. The summed E-state index contributed by atoms with van der Waals surface area (Å²) in [6.07, 6.45) is 0. The van der Waals surface area contributed by atoms with Gasteiger partial charge in [0.05, 0.1) is 15.6 Å². The van der Waals surface area contributed by atoms with E-state index in [1.54, 1.807) is 55.5 Å². The second-order valence-corrected chi connectivity index (χ2v) is 8.71. The largest absolute Gasteiger partial charge is 0.322 e.